The number of amides is 2. The molecule has 2 aliphatic rings. The van der Waals surface area contributed by atoms with Crippen LogP contribution in [0.25, 0.3) is 11.1 Å². The quantitative estimate of drug-likeness (QED) is 0.127. The summed E-state index contributed by atoms with van der Waals surface area (Å²) in [7, 11) is -2.44. The third-order valence-corrected chi connectivity index (χ3v) is 12.6. The van der Waals surface area contributed by atoms with Crippen molar-refractivity contribution in [2.75, 3.05) is 18.5 Å². The van der Waals surface area contributed by atoms with E-state index in [1.165, 1.54) is 0 Å². The second-order valence-electron chi connectivity index (χ2n) is 17.5. The van der Waals surface area contributed by atoms with Crippen LogP contribution >= 0.6 is 0 Å². The second kappa shape index (κ2) is 15.6. The highest BCUT2D eigenvalue weighted by molar-refractivity contribution is 6.76. The van der Waals surface area contributed by atoms with Gasteiger partial charge in [-0.05, 0) is 113 Å². The van der Waals surface area contributed by atoms with Crippen molar-refractivity contribution in [1.29, 1.82) is 0 Å². The van der Waals surface area contributed by atoms with E-state index in [1.807, 2.05) is 44.5 Å². The highest BCUT2D eigenvalue weighted by Gasteiger charge is 2.48. The largest absolute Gasteiger partial charge is 0.444 e. The molecule has 1 atom stereocenters. The van der Waals surface area contributed by atoms with Gasteiger partial charge in [-0.1, -0.05) is 45.3 Å². The highest BCUT2D eigenvalue weighted by Crippen LogP contribution is 2.51. The van der Waals surface area contributed by atoms with E-state index in [1.54, 1.807) is 0 Å². The fraction of sp³-hybridized carbons (Fsp3) is 0.703. The molecule has 0 saturated heterocycles. The molecule has 0 spiro atoms. The molecule has 0 unspecified atom stereocenters. The Morgan fingerprint density at radius 3 is 2.06 bits per heavy atom. The normalized spacial score (nSPS) is 16.2. The summed E-state index contributed by atoms with van der Waals surface area (Å²) in [5.41, 5.74) is 5.11. The molecule has 2 fully saturated rings. The number of carbonyl (C=O) groups excluding carboxylic acids is 2. The predicted molar refractivity (Wildman–Crippen MR) is 200 cm³/mol. The molecular formula is C37H62N4O5Si2. The van der Waals surface area contributed by atoms with E-state index < -0.39 is 33.9 Å². The number of hydrogen-bond donors (Lipinski definition) is 2. The number of ether oxygens (including phenoxy) is 3. The molecular weight excluding hydrogens is 637 g/mol. The molecule has 2 amide bonds. The summed E-state index contributed by atoms with van der Waals surface area (Å²) in [6.45, 7) is 26.0. The number of nitrogens with one attached hydrogen (secondary N) is 2. The van der Waals surface area contributed by atoms with Gasteiger partial charge in [-0.15, -0.1) is 0 Å². The molecule has 0 radical (unpaired) electrons. The van der Waals surface area contributed by atoms with Crippen LogP contribution in [-0.4, -0.2) is 62.8 Å². The SMILES string of the molecule is Cc1nn(COCC[Si](C)(C)C)c(C)c1-c1ccc(NC(=O)[C@@H](NC(=O)OC(C)(C)C)C(C2CC2)C2CC2)cc1COCC[Si](C)(C)C. The molecule has 2 aliphatic carbocycles. The molecule has 2 N–H and O–H groups in total. The van der Waals surface area contributed by atoms with Crippen molar-refractivity contribution in [1.82, 2.24) is 15.1 Å². The standard InChI is InChI=1S/C37H62N4O5Si2/c1-25-32(26(2)41(40-25)24-45-19-21-48(9,10)11)31-17-16-30(22-29(31)23-44-18-20-47(6,7)8)38-35(42)34(39-36(43)46-37(3,4)5)33(27-12-13-27)28-14-15-28/h16-17,22,27-28,33-34H,12-15,18-21,23-24H2,1-11H3,(H,38,42)(H,39,43)/t34-/m0/s1. The van der Waals surface area contributed by atoms with Gasteiger partial charge in [-0.25, -0.2) is 9.48 Å². The minimum Gasteiger partial charge on any atom is -0.444 e. The summed E-state index contributed by atoms with van der Waals surface area (Å²) in [4.78, 5) is 27.0. The monoisotopic (exact) mass is 698 g/mol. The number of rotatable bonds is 17. The smallest absolute Gasteiger partial charge is 0.408 e. The lowest BCUT2D eigenvalue weighted by Gasteiger charge is -2.29. The molecule has 1 aromatic heterocycles. The van der Waals surface area contributed by atoms with Crippen LogP contribution in [0, 0.1) is 31.6 Å². The number of aryl methyl sites for hydroxylation is 1. The maximum Gasteiger partial charge on any atom is 0.408 e. The Hall–Kier alpha value is -2.48. The van der Waals surface area contributed by atoms with E-state index in [-0.39, 0.29) is 11.8 Å². The van der Waals surface area contributed by atoms with Gasteiger partial charge < -0.3 is 24.8 Å². The van der Waals surface area contributed by atoms with Crippen LogP contribution in [-0.2, 0) is 32.3 Å². The number of anilines is 1. The van der Waals surface area contributed by atoms with E-state index in [9.17, 15) is 9.59 Å². The summed E-state index contributed by atoms with van der Waals surface area (Å²) in [5.74, 6) is 0.842. The Labute approximate surface area is 291 Å². The third-order valence-electron chi connectivity index (χ3n) is 9.16. The van der Waals surface area contributed by atoms with Gasteiger partial charge in [0.2, 0.25) is 5.91 Å². The fourth-order valence-corrected chi connectivity index (χ4v) is 7.73. The van der Waals surface area contributed by atoms with Gasteiger partial charge in [-0.2, -0.15) is 5.10 Å². The Kier molecular flexibility index (Phi) is 12.5. The molecule has 2 aromatic rings. The minimum atomic E-state index is -1.26. The average Bonchev–Trinajstić information content (AvgIpc) is 3.87. The van der Waals surface area contributed by atoms with Gasteiger partial charge in [0.1, 0.15) is 18.4 Å². The molecule has 11 heteroatoms. The highest BCUT2D eigenvalue weighted by atomic mass is 28.3. The van der Waals surface area contributed by atoms with Crippen molar-refractivity contribution < 1.29 is 23.8 Å². The Balaban J connectivity index is 1.58. The fourth-order valence-electron chi connectivity index (χ4n) is 6.22. The lowest BCUT2D eigenvalue weighted by atomic mass is 9.88. The molecule has 0 bridgehead atoms. The summed E-state index contributed by atoms with van der Waals surface area (Å²) >= 11 is 0. The Morgan fingerprint density at radius 1 is 0.938 bits per heavy atom. The molecule has 268 valence electrons. The van der Waals surface area contributed by atoms with E-state index in [0.29, 0.717) is 37.5 Å². The van der Waals surface area contributed by atoms with Crippen molar-refractivity contribution in [3.8, 4) is 11.1 Å². The first-order chi connectivity index (χ1) is 22.3. The lowest BCUT2D eigenvalue weighted by molar-refractivity contribution is -0.120. The van der Waals surface area contributed by atoms with Crippen LogP contribution < -0.4 is 10.6 Å². The summed E-state index contributed by atoms with van der Waals surface area (Å²) < 4.78 is 19.9. The number of hydrogen-bond acceptors (Lipinski definition) is 6. The van der Waals surface area contributed by atoms with Crippen molar-refractivity contribution >= 4 is 33.8 Å². The van der Waals surface area contributed by atoms with Gasteiger partial charge >= 0.3 is 6.09 Å². The second-order valence-corrected chi connectivity index (χ2v) is 28.7. The summed E-state index contributed by atoms with van der Waals surface area (Å²) in [6, 6.07) is 7.58. The zero-order valence-corrected chi connectivity index (χ0v) is 33.5. The van der Waals surface area contributed by atoms with Crippen LogP contribution in [0.3, 0.4) is 0 Å². The van der Waals surface area contributed by atoms with Gasteiger partial charge in [0.05, 0.1) is 12.3 Å². The first-order valence-electron chi connectivity index (χ1n) is 17.9. The zero-order valence-electron chi connectivity index (χ0n) is 31.5. The van der Waals surface area contributed by atoms with E-state index in [2.05, 4.69) is 62.9 Å². The van der Waals surface area contributed by atoms with Gasteiger partial charge in [0.15, 0.2) is 0 Å². The van der Waals surface area contributed by atoms with Crippen LogP contribution in [0.2, 0.25) is 51.4 Å². The zero-order chi connectivity index (χ0) is 35.4. The van der Waals surface area contributed by atoms with E-state index in [4.69, 9.17) is 19.3 Å². The maximum absolute atomic E-state index is 14.0. The molecule has 0 aliphatic heterocycles. The molecule has 2 saturated carbocycles. The number of alkyl carbamates (subject to hydrolysis) is 1. The van der Waals surface area contributed by atoms with Crippen LogP contribution in [0.4, 0.5) is 10.5 Å². The third kappa shape index (κ3) is 11.8. The average molecular weight is 699 g/mol. The van der Waals surface area contributed by atoms with Gasteiger partial charge in [-0.3, -0.25) is 4.79 Å². The summed E-state index contributed by atoms with van der Waals surface area (Å²) in [6.07, 6.45) is 3.86. The first-order valence-corrected chi connectivity index (χ1v) is 25.4. The van der Waals surface area contributed by atoms with Gasteiger partial charge in [0.25, 0.3) is 0 Å². The van der Waals surface area contributed by atoms with Crippen molar-refractivity contribution in [3.63, 3.8) is 0 Å². The molecule has 1 heterocycles. The molecule has 1 aromatic carbocycles. The number of carbonyl (C=O) groups is 2. The van der Waals surface area contributed by atoms with Crippen molar-refractivity contribution in [2.45, 2.75) is 137 Å². The number of nitrogens with zero attached hydrogens (tertiary/aromatic N) is 2. The van der Waals surface area contributed by atoms with Crippen LogP contribution in [0.1, 0.15) is 63.4 Å². The summed E-state index contributed by atoms with van der Waals surface area (Å²) in [5, 5.41) is 11.0. The van der Waals surface area contributed by atoms with Crippen LogP contribution in [0.5, 0.6) is 0 Å². The predicted octanol–water partition coefficient (Wildman–Crippen LogP) is 8.60. The van der Waals surface area contributed by atoms with E-state index >= 15 is 0 Å². The Morgan fingerprint density at radius 2 is 1.52 bits per heavy atom. The molecule has 4 rings (SSSR count). The molecule has 9 nitrogen and oxygen atoms in total. The lowest BCUT2D eigenvalue weighted by Crippen LogP contribution is -2.51. The maximum atomic E-state index is 14.0. The number of benzene rings is 1. The topological polar surface area (TPSA) is 104 Å². The van der Waals surface area contributed by atoms with Crippen molar-refractivity contribution in [3.05, 3.63) is 35.2 Å². The Bertz CT molecular complexity index is 1400. The minimum absolute atomic E-state index is 0.116. The van der Waals surface area contributed by atoms with Crippen LogP contribution in [0.15, 0.2) is 18.2 Å². The van der Waals surface area contributed by atoms with Gasteiger partial charge in [0, 0.05) is 46.3 Å². The van der Waals surface area contributed by atoms with E-state index in [0.717, 1.165) is 72.5 Å². The molecule has 48 heavy (non-hydrogen) atoms. The number of aromatic nitrogens is 2. The van der Waals surface area contributed by atoms with Crippen molar-refractivity contribution in [2.24, 2.45) is 17.8 Å². The first kappa shape index (κ1) is 38.3.